The van der Waals surface area contributed by atoms with Gasteiger partial charge in [0.05, 0.1) is 0 Å². The minimum atomic E-state index is -1.80. The quantitative estimate of drug-likeness (QED) is 0.732. The van der Waals surface area contributed by atoms with Crippen LogP contribution in [0.25, 0.3) is 0 Å². The molecular weight excluding hydrogens is 347 g/mol. The van der Waals surface area contributed by atoms with Crippen LogP contribution >= 0.6 is 0 Å². The van der Waals surface area contributed by atoms with Gasteiger partial charge < -0.3 is 19.5 Å². The molecule has 3 rings (SSSR count). The molecule has 0 aromatic heterocycles. The molecule has 0 aliphatic heterocycles. The minimum absolute atomic E-state index is 0. The number of para-hydroxylation sites is 1. The molecule has 6 heteroatoms. The summed E-state index contributed by atoms with van der Waals surface area (Å²) < 4.78 is 13.5. The highest BCUT2D eigenvalue weighted by molar-refractivity contribution is 6.70. The van der Waals surface area contributed by atoms with Crippen molar-refractivity contribution < 1.29 is 24.3 Å². The summed E-state index contributed by atoms with van der Waals surface area (Å²) in [4.78, 5) is 11.6. The van der Waals surface area contributed by atoms with Gasteiger partial charge in [0.25, 0.3) is 5.97 Å². The second-order valence-corrected chi connectivity index (χ2v) is 9.10. The van der Waals surface area contributed by atoms with Gasteiger partial charge in [-0.3, -0.25) is 4.79 Å². The summed E-state index contributed by atoms with van der Waals surface area (Å²) in [6.07, 6.45) is 6.14. The smallest absolute Gasteiger partial charge is 0.594 e. The van der Waals surface area contributed by atoms with Gasteiger partial charge in [-0.2, -0.15) is 0 Å². The molecule has 0 radical (unpaired) electrons. The van der Waals surface area contributed by atoms with Crippen molar-refractivity contribution in [1.29, 1.82) is 0 Å². The van der Waals surface area contributed by atoms with Gasteiger partial charge in [0.15, 0.2) is 0 Å². The van der Waals surface area contributed by atoms with Crippen molar-refractivity contribution in [1.82, 2.24) is 0 Å². The molecular formula is C20H25AlO5-2. The van der Waals surface area contributed by atoms with Crippen molar-refractivity contribution in [2.45, 2.75) is 43.8 Å². The molecule has 1 aliphatic carbocycles. The first kappa shape index (κ1) is 22.2. The summed E-state index contributed by atoms with van der Waals surface area (Å²) in [6, 6.07) is 17.9. The highest BCUT2D eigenvalue weighted by Crippen LogP contribution is 2.32. The van der Waals surface area contributed by atoms with Crippen molar-refractivity contribution in [3.63, 3.8) is 0 Å². The van der Waals surface area contributed by atoms with Crippen LogP contribution in [0.3, 0.4) is 0 Å². The van der Waals surface area contributed by atoms with Crippen LogP contribution in [-0.2, 0) is 8.58 Å². The lowest BCUT2D eigenvalue weighted by Crippen LogP contribution is -2.40. The van der Waals surface area contributed by atoms with Crippen LogP contribution in [0.5, 0.6) is 11.5 Å². The Labute approximate surface area is 159 Å². The highest BCUT2D eigenvalue weighted by Gasteiger charge is 2.38. The van der Waals surface area contributed by atoms with Gasteiger partial charge in [-0.15, -0.1) is 0 Å². The van der Waals surface area contributed by atoms with Gasteiger partial charge in [0.2, 0.25) is 0 Å². The first-order chi connectivity index (χ1) is 11.7. The molecule has 2 aromatic rings. The van der Waals surface area contributed by atoms with Gasteiger partial charge in [-0.1, -0.05) is 66.9 Å². The van der Waals surface area contributed by atoms with Crippen molar-refractivity contribution in [3.8, 4) is 11.5 Å². The summed E-state index contributed by atoms with van der Waals surface area (Å²) in [5.74, 6) is 1.46. The molecule has 2 N–H and O–H groups in total. The standard InChI is InChI=1S/C12H9O.C6H11.C2H4O2.Al.2H2O/c1-3-7-11(8-4-1)13-12-9-5-2-6-10-12;1-2-4-6-5-3-1;1-2(3)4;;;/h1-5,7-10H;1H,2-6H2;1H3,(H,3,4);;2*1H2/q;;;+1;;/p-3. The zero-order valence-corrected chi connectivity index (χ0v) is 16.2. The number of benzene rings is 2. The minimum Gasteiger partial charge on any atom is -0.870 e. The number of rotatable bonds is 5. The predicted molar refractivity (Wildman–Crippen MR) is 101 cm³/mol. The lowest BCUT2D eigenvalue weighted by Gasteiger charge is -2.26. The van der Waals surface area contributed by atoms with Crippen molar-refractivity contribution in [3.05, 3.63) is 54.6 Å². The van der Waals surface area contributed by atoms with Crippen LogP contribution in [0.4, 0.5) is 0 Å². The Balaban J connectivity index is 0.00000169. The summed E-state index contributed by atoms with van der Waals surface area (Å²) in [6.45, 7) is 1.52. The summed E-state index contributed by atoms with van der Waals surface area (Å²) in [5.41, 5.74) is 0. The molecule has 2 aromatic carbocycles. The van der Waals surface area contributed by atoms with Crippen molar-refractivity contribution in [2.24, 2.45) is 0 Å². The van der Waals surface area contributed by atoms with Crippen molar-refractivity contribution >= 4 is 24.9 Å². The Morgan fingerprint density at radius 2 is 1.58 bits per heavy atom. The van der Waals surface area contributed by atoms with Gasteiger partial charge >= 0.3 is 14.5 Å². The number of carbonyl (C=O) groups excluding carboxylic acids is 1. The number of carbonyl (C=O) groups is 1. The number of hydrogen-bond donors (Lipinski definition) is 0. The number of ether oxygens (including phenoxy) is 1. The average molecular weight is 372 g/mol. The van der Waals surface area contributed by atoms with E-state index in [0.29, 0.717) is 4.78 Å². The van der Waals surface area contributed by atoms with E-state index in [2.05, 4.69) is 12.1 Å². The molecule has 1 fully saturated rings. The zero-order valence-electron chi connectivity index (χ0n) is 15.0. The van der Waals surface area contributed by atoms with Crippen LogP contribution in [0, 0.1) is 0 Å². The van der Waals surface area contributed by atoms with E-state index in [4.69, 9.17) is 8.53 Å². The van der Waals surface area contributed by atoms with Crippen LogP contribution in [0.2, 0.25) is 4.78 Å². The second kappa shape index (κ2) is 11.0. The molecule has 0 bridgehead atoms. The molecule has 0 saturated heterocycles. The van der Waals surface area contributed by atoms with E-state index < -0.39 is 14.5 Å². The first-order valence-electron chi connectivity index (χ1n) is 8.72. The number of hydrogen-bond acceptors (Lipinski definition) is 5. The molecule has 0 spiro atoms. The fraction of sp³-hybridized carbons (Fsp3) is 0.350. The van der Waals surface area contributed by atoms with Gasteiger partial charge in [-0.05, 0) is 29.0 Å². The Kier molecular flexibility index (Phi) is 9.39. The second-order valence-electron chi connectivity index (χ2n) is 6.42. The third kappa shape index (κ3) is 6.15. The molecule has 26 heavy (non-hydrogen) atoms. The molecule has 1 saturated carbocycles. The van der Waals surface area contributed by atoms with E-state index in [1.807, 2.05) is 42.5 Å². The first-order valence-corrected chi connectivity index (χ1v) is 10.4. The Bertz CT molecular complexity index is 671. The van der Waals surface area contributed by atoms with Crippen LogP contribution < -0.4 is 9.16 Å². The van der Waals surface area contributed by atoms with E-state index in [9.17, 15) is 4.79 Å². The molecule has 0 unspecified atom stereocenters. The summed E-state index contributed by atoms with van der Waals surface area (Å²) in [7, 11) is 0. The molecule has 5 nitrogen and oxygen atoms in total. The average Bonchev–Trinajstić information content (AvgIpc) is 2.61. The molecule has 140 valence electrons. The van der Waals surface area contributed by atoms with E-state index in [0.717, 1.165) is 15.9 Å². The maximum absolute atomic E-state index is 11.6. The van der Waals surface area contributed by atoms with Crippen LogP contribution in [0.1, 0.15) is 39.0 Å². The lowest BCUT2D eigenvalue weighted by atomic mass is 10.0. The Morgan fingerprint density at radius 3 is 2.23 bits per heavy atom. The SMILES string of the molecule is CC(=O)[O][Al]([c]1cccc(Oc2ccccc2)c1)[CH]1CCCCC1.[OH-].[OH-]. The van der Waals surface area contributed by atoms with Gasteiger partial charge in [0.1, 0.15) is 11.5 Å². The van der Waals surface area contributed by atoms with E-state index in [-0.39, 0.29) is 16.9 Å². The summed E-state index contributed by atoms with van der Waals surface area (Å²) in [5, 5.41) is 0. The summed E-state index contributed by atoms with van der Waals surface area (Å²) >= 11 is -1.80. The highest BCUT2D eigenvalue weighted by atomic mass is 27.2. The predicted octanol–water partition coefficient (Wildman–Crippen LogP) is 4.22. The maximum atomic E-state index is 11.6. The van der Waals surface area contributed by atoms with Crippen LogP contribution in [-0.4, -0.2) is 31.4 Å². The van der Waals surface area contributed by atoms with E-state index >= 15 is 0 Å². The fourth-order valence-electron chi connectivity index (χ4n) is 3.43. The molecule has 1 aliphatic rings. The fourth-order valence-corrected chi connectivity index (χ4v) is 6.37. The zero-order chi connectivity index (χ0) is 16.8. The molecule has 0 amide bonds. The van der Waals surface area contributed by atoms with Crippen LogP contribution in [0.15, 0.2) is 54.6 Å². The van der Waals surface area contributed by atoms with Crippen molar-refractivity contribution in [2.75, 3.05) is 0 Å². The van der Waals surface area contributed by atoms with E-state index in [1.54, 1.807) is 0 Å². The molecule has 0 heterocycles. The van der Waals surface area contributed by atoms with Gasteiger partial charge in [0, 0.05) is 6.92 Å². The van der Waals surface area contributed by atoms with Gasteiger partial charge in [-0.25, -0.2) is 0 Å². The normalized spacial score (nSPS) is 13.7. The lowest BCUT2D eigenvalue weighted by molar-refractivity contribution is -0.132. The third-order valence-electron chi connectivity index (χ3n) is 4.54. The van der Waals surface area contributed by atoms with E-state index in [1.165, 1.54) is 39.0 Å². The Hall–Kier alpha value is -1.84. The Morgan fingerprint density at radius 1 is 0.923 bits per heavy atom. The maximum Gasteiger partial charge on any atom is 0.594 e. The monoisotopic (exact) mass is 372 g/mol. The molecule has 0 atom stereocenters. The topological polar surface area (TPSA) is 95.5 Å². The largest absolute Gasteiger partial charge is 0.870 e. The third-order valence-corrected chi connectivity index (χ3v) is 7.66.